The van der Waals surface area contributed by atoms with Crippen LogP contribution in [-0.4, -0.2) is 35.9 Å². The fraction of sp³-hybridized carbons (Fsp3) is 0.0588. The fourth-order valence-corrected chi connectivity index (χ4v) is 2.54. The second-order valence-electron chi connectivity index (χ2n) is 5.51. The summed E-state index contributed by atoms with van der Waals surface area (Å²) in [6.07, 6.45) is 1.53. The first-order chi connectivity index (χ1) is 12.7. The van der Waals surface area contributed by atoms with Crippen LogP contribution < -0.4 is 11.1 Å². The normalized spacial score (nSPS) is 10.8. The predicted molar refractivity (Wildman–Crippen MR) is 94.1 cm³/mol. The zero-order chi connectivity index (χ0) is 17.9. The van der Waals surface area contributed by atoms with Gasteiger partial charge in [-0.3, -0.25) is 4.79 Å². The number of hydrogen-bond acceptors (Lipinski definition) is 7. The van der Waals surface area contributed by atoms with Crippen molar-refractivity contribution in [3.8, 4) is 11.5 Å². The molecule has 3 heterocycles. The summed E-state index contributed by atoms with van der Waals surface area (Å²) in [6, 6.07) is 15.0. The Morgan fingerprint density at radius 1 is 1.08 bits per heavy atom. The van der Waals surface area contributed by atoms with E-state index in [1.807, 2.05) is 30.3 Å². The Hall–Kier alpha value is -3.88. The van der Waals surface area contributed by atoms with Gasteiger partial charge in [-0.1, -0.05) is 41.6 Å². The van der Waals surface area contributed by atoms with E-state index in [0.29, 0.717) is 29.4 Å². The number of amides is 1. The number of pyridine rings is 1. The topological polar surface area (TPSA) is 124 Å². The van der Waals surface area contributed by atoms with Gasteiger partial charge in [-0.2, -0.15) is 5.10 Å². The third-order valence-corrected chi connectivity index (χ3v) is 3.78. The lowest BCUT2D eigenvalue weighted by Crippen LogP contribution is -2.15. The van der Waals surface area contributed by atoms with Crippen molar-refractivity contribution in [3.63, 3.8) is 0 Å². The Balaban J connectivity index is 1.65. The summed E-state index contributed by atoms with van der Waals surface area (Å²) in [7, 11) is 0. The molecule has 0 saturated heterocycles. The second-order valence-corrected chi connectivity index (χ2v) is 5.51. The van der Waals surface area contributed by atoms with Crippen LogP contribution in [0.3, 0.4) is 0 Å². The summed E-state index contributed by atoms with van der Waals surface area (Å²) in [4.78, 5) is 16.0. The van der Waals surface area contributed by atoms with Gasteiger partial charge in [0.15, 0.2) is 5.69 Å². The number of carbonyl (C=O) groups excluding carboxylic acids is 1. The number of nitrogens with one attached hydrogen (secondary N) is 1. The van der Waals surface area contributed by atoms with Crippen molar-refractivity contribution in [2.45, 2.75) is 6.54 Å². The molecule has 0 fully saturated rings. The molecule has 0 unspecified atom stereocenters. The molecule has 4 rings (SSSR count). The summed E-state index contributed by atoms with van der Waals surface area (Å²) in [6.45, 7) is 0.604. The van der Waals surface area contributed by atoms with Crippen LogP contribution in [0, 0.1) is 0 Å². The first kappa shape index (κ1) is 15.6. The Kier molecular flexibility index (Phi) is 3.94. The van der Waals surface area contributed by atoms with Gasteiger partial charge in [0.25, 0.3) is 5.91 Å². The zero-order valence-corrected chi connectivity index (χ0v) is 13.6. The molecule has 3 aromatic heterocycles. The molecule has 3 N–H and O–H groups in total. The van der Waals surface area contributed by atoms with Crippen molar-refractivity contribution in [2.24, 2.45) is 5.73 Å². The molecule has 128 valence electrons. The SMILES string of the molecule is NC(=O)c1cccc2c(-c3nncc(NCc4ccccc4)n3)nnn12. The summed E-state index contributed by atoms with van der Waals surface area (Å²) in [5.41, 5.74) is 7.71. The van der Waals surface area contributed by atoms with Gasteiger partial charge in [-0.25, -0.2) is 9.50 Å². The van der Waals surface area contributed by atoms with E-state index in [1.165, 1.54) is 10.7 Å². The lowest BCUT2D eigenvalue weighted by molar-refractivity contribution is 0.0993. The van der Waals surface area contributed by atoms with Crippen LogP contribution in [0.25, 0.3) is 17.0 Å². The molecule has 9 nitrogen and oxygen atoms in total. The first-order valence-electron chi connectivity index (χ1n) is 7.84. The molecule has 0 bridgehead atoms. The Morgan fingerprint density at radius 2 is 1.92 bits per heavy atom. The molecular weight excluding hydrogens is 332 g/mol. The molecule has 0 saturated carbocycles. The molecule has 4 aromatic rings. The maximum atomic E-state index is 11.5. The van der Waals surface area contributed by atoms with Crippen LogP contribution in [0.1, 0.15) is 16.1 Å². The number of primary amides is 1. The first-order valence-corrected chi connectivity index (χ1v) is 7.84. The summed E-state index contributed by atoms with van der Waals surface area (Å²) < 4.78 is 1.37. The summed E-state index contributed by atoms with van der Waals surface area (Å²) in [5, 5.41) is 19.3. The highest BCUT2D eigenvalue weighted by atomic mass is 16.1. The molecule has 0 radical (unpaired) electrons. The molecule has 0 spiro atoms. The number of anilines is 1. The molecule has 0 aliphatic rings. The number of nitrogens with zero attached hydrogens (tertiary/aromatic N) is 6. The number of fused-ring (bicyclic) bond motifs is 1. The lowest BCUT2D eigenvalue weighted by atomic mass is 10.2. The van der Waals surface area contributed by atoms with Gasteiger partial charge >= 0.3 is 0 Å². The lowest BCUT2D eigenvalue weighted by Gasteiger charge is -2.05. The van der Waals surface area contributed by atoms with E-state index in [9.17, 15) is 4.79 Å². The van der Waals surface area contributed by atoms with Crippen molar-refractivity contribution in [3.05, 3.63) is 66.0 Å². The van der Waals surface area contributed by atoms with Crippen LogP contribution in [0.15, 0.2) is 54.7 Å². The van der Waals surface area contributed by atoms with E-state index >= 15 is 0 Å². The zero-order valence-electron chi connectivity index (χ0n) is 13.6. The van der Waals surface area contributed by atoms with E-state index in [0.717, 1.165) is 5.56 Å². The maximum absolute atomic E-state index is 11.5. The monoisotopic (exact) mass is 346 g/mol. The highest BCUT2D eigenvalue weighted by Gasteiger charge is 2.16. The minimum Gasteiger partial charge on any atom is -0.365 e. The highest BCUT2D eigenvalue weighted by Crippen LogP contribution is 2.20. The molecule has 0 aliphatic carbocycles. The van der Waals surface area contributed by atoms with Gasteiger partial charge in [0.2, 0.25) is 5.82 Å². The predicted octanol–water partition coefficient (Wildman–Crippen LogP) is 1.29. The van der Waals surface area contributed by atoms with E-state index < -0.39 is 5.91 Å². The fourth-order valence-electron chi connectivity index (χ4n) is 2.54. The second kappa shape index (κ2) is 6.55. The van der Waals surface area contributed by atoms with Gasteiger partial charge in [0, 0.05) is 6.54 Å². The largest absolute Gasteiger partial charge is 0.365 e. The third kappa shape index (κ3) is 2.93. The van der Waals surface area contributed by atoms with E-state index in [-0.39, 0.29) is 5.69 Å². The maximum Gasteiger partial charge on any atom is 0.267 e. The average molecular weight is 346 g/mol. The third-order valence-electron chi connectivity index (χ3n) is 3.78. The molecule has 1 amide bonds. The van der Waals surface area contributed by atoms with Crippen LogP contribution in [0.5, 0.6) is 0 Å². The van der Waals surface area contributed by atoms with Crippen molar-refractivity contribution >= 4 is 17.2 Å². The molecule has 0 aliphatic heterocycles. The van der Waals surface area contributed by atoms with Gasteiger partial charge in [0.05, 0.1) is 11.7 Å². The van der Waals surface area contributed by atoms with Gasteiger partial charge < -0.3 is 11.1 Å². The Labute approximate surface area is 147 Å². The van der Waals surface area contributed by atoms with Gasteiger partial charge in [-0.15, -0.1) is 10.2 Å². The number of rotatable bonds is 5. The summed E-state index contributed by atoms with van der Waals surface area (Å²) in [5.74, 6) is 0.273. The highest BCUT2D eigenvalue weighted by molar-refractivity contribution is 5.92. The van der Waals surface area contributed by atoms with E-state index in [2.05, 4.69) is 30.8 Å². The number of aromatic nitrogens is 6. The van der Waals surface area contributed by atoms with Crippen molar-refractivity contribution < 1.29 is 4.79 Å². The molecule has 26 heavy (non-hydrogen) atoms. The van der Waals surface area contributed by atoms with Crippen LogP contribution >= 0.6 is 0 Å². The molecular formula is C17H14N8O. The standard InChI is InChI=1S/C17H14N8O/c18-16(26)13-8-4-7-12-15(22-24-25(12)13)17-21-14(10-20-23-17)19-9-11-5-2-1-3-6-11/h1-8,10H,9H2,(H2,18,26)(H,19,21,23). The number of benzene rings is 1. The summed E-state index contributed by atoms with van der Waals surface area (Å²) >= 11 is 0. The Morgan fingerprint density at radius 3 is 2.73 bits per heavy atom. The molecule has 0 atom stereocenters. The minimum absolute atomic E-state index is 0.229. The quantitative estimate of drug-likeness (QED) is 0.558. The van der Waals surface area contributed by atoms with Gasteiger partial charge in [-0.05, 0) is 17.7 Å². The number of hydrogen-bond donors (Lipinski definition) is 2. The smallest absolute Gasteiger partial charge is 0.267 e. The minimum atomic E-state index is -0.593. The molecule has 1 aromatic carbocycles. The number of carbonyl (C=O) groups is 1. The number of nitrogens with two attached hydrogens (primary N) is 1. The average Bonchev–Trinajstić information content (AvgIpc) is 3.11. The molecule has 9 heteroatoms. The van der Waals surface area contributed by atoms with Crippen molar-refractivity contribution in [1.29, 1.82) is 0 Å². The van der Waals surface area contributed by atoms with Crippen molar-refractivity contribution in [1.82, 2.24) is 30.0 Å². The van der Waals surface area contributed by atoms with E-state index in [4.69, 9.17) is 5.73 Å². The van der Waals surface area contributed by atoms with Crippen LogP contribution in [0.2, 0.25) is 0 Å². The Bertz CT molecular complexity index is 1080. The van der Waals surface area contributed by atoms with Crippen LogP contribution in [-0.2, 0) is 6.54 Å². The van der Waals surface area contributed by atoms with Crippen molar-refractivity contribution in [2.75, 3.05) is 5.32 Å². The van der Waals surface area contributed by atoms with Gasteiger partial charge in [0.1, 0.15) is 11.5 Å². The van der Waals surface area contributed by atoms with Crippen LogP contribution in [0.4, 0.5) is 5.82 Å². The van der Waals surface area contributed by atoms with E-state index in [1.54, 1.807) is 18.2 Å².